The molecule has 0 aliphatic rings. The molecule has 31 heavy (non-hydrogen) atoms. The van der Waals surface area contributed by atoms with Crippen LogP contribution in [-0.4, -0.2) is 33.1 Å². The third kappa shape index (κ3) is 4.73. The van der Waals surface area contributed by atoms with Crippen LogP contribution in [0.25, 0.3) is 16.7 Å². The Labute approximate surface area is 192 Å². The molecule has 156 valence electrons. The molecule has 4 aromatic rings. The highest BCUT2D eigenvalue weighted by Gasteiger charge is 2.12. The van der Waals surface area contributed by atoms with Crippen molar-refractivity contribution in [2.45, 2.75) is 6.92 Å². The number of thiocarbonyl (C=S) groups is 1. The molecule has 0 bridgehead atoms. The molecule has 0 aliphatic carbocycles. The van der Waals surface area contributed by atoms with Crippen molar-refractivity contribution in [3.8, 4) is 11.4 Å². The predicted octanol–water partition coefficient (Wildman–Crippen LogP) is 4.63. The van der Waals surface area contributed by atoms with E-state index in [1.54, 1.807) is 30.1 Å². The van der Waals surface area contributed by atoms with Gasteiger partial charge >= 0.3 is 0 Å². The second-order valence-electron chi connectivity index (χ2n) is 6.79. The number of nitrogens with one attached hydrogen (secondary N) is 2. The average molecular weight is 496 g/mol. The highest BCUT2D eigenvalue weighted by molar-refractivity contribution is 9.10. The Kier molecular flexibility index (Phi) is 5.97. The fraction of sp³-hybridized carbons (Fsp3) is 0.0909. The zero-order valence-corrected chi connectivity index (χ0v) is 19.1. The second-order valence-corrected chi connectivity index (χ2v) is 8.05. The highest BCUT2D eigenvalue weighted by atomic mass is 79.9. The van der Waals surface area contributed by atoms with E-state index in [1.165, 1.54) is 5.56 Å². The monoisotopic (exact) mass is 495 g/mol. The molecule has 1 heterocycles. The van der Waals surface area contributed by atoms with Gasteiger partial charge in [-0.25, -0.2) is 0 Å². The van der Waals surface area contributed by atoms with Gasteiger partial charge in [0.15, 0.2) is 5.11 Å². The van der Waals surface area contributed by atoms with E-state index in [0.717, 1.165) is 11.2 Å². The van der Waals surface area contributed by atoms with E-state index >= 15 is 0 Å². The Morgan fingerprint density at radius 1 is 1.03 bits per heavy atom. The summed E-state index contributed by atoms with van der Waals surface area (Å²) in [6.07, 6.45) is 0. The van der Waals surface area contributed by atoms with Gasteiger partial charge in [-0.15, -0.1) is 10.2 Å². The summed E-state index contributed by atoms with van der Waals surface area (Å²) >= 11 is 8.66. The van der Waals surface area contributed by atoms with Gasteiger partial charge in [0.2, 0.25) is 0 Å². The van der Waals surface area contributed by atoms with Gasteiger partial charge in [0, 0.05) is 11.3 Å². The molecule has 0 aliphatic heterocycles. The first kappa shape index (κ1) is 21.0. The van der Waals surface area contributed by atoms with Crippen LogP contribution in [0.5, 0.6) is 5.75 Å². The van der Waals surface area contributed by atoms with Crippen molar-refractivity contribution in [3.63, 3.8) is 0 Å². The zero-order chi connectivity index (χ0) is 22.0. The number of methoxy groups -OCH3 is 1. The molecule has 0 saturated carbocycles. The molecule has 0 saturated heterocycles. The van der Waals surface area contributed by atoms with Crippen molar-refractivity contribution in [1.82, 2.24) is 20.3 Å². The summed E-state index contributed by atoms with van der Waals surface area (Å²) in [5.74, 6) is 0.316. The highest BCUT2D eigenvalue weighted by Crippen LogP contribution is 2.25. The van der Waals surface area contributed by atoms with Crippen LogP contribution in [-0.2, 0) is 0 Å². The summed E-state index contributed by atoms with van der Waals surface area (Å²) in [7, 11) is 1.56. The van der Waals surface area contributed by atoms with Crippen LogP contribution >= 0.6 is 28.1 Å². The van der Waals surface area contributed by atoms with E-state index in [9.17, 15) is 4.79 Å². The van der Waals surface area contributed by atoms with Crippen LogP contribution in [0.15, 0.2) is 65.1 Å². The largest absolute Gasteiger partial charge is 0.496 e. The smallest absolute Gasteiger partial charge is 0.257 e. The second kappa shape index (κ2) is 8.83. The minimum atomic E-state index is -0.327. The summed E-state index contributed by atoms with van der Waals surface area (Å²) in [6.45, 7) is 2.03. The number of aryl methyl sites for hydroxylation is 1. The van der Waals surface area contributed by atoms with Gasteiger partial charge in [0.05, 0.1) is 17.3 Å². The van der Waals surface area contributed by atoms with Gasteiger partial charge < -0.3 is 10.1 Å². The molecule has 1 aromatic heterocycles. The molecule has 9 heteroatoms. The van der Waals surface area contributed by atoms with Crippen LogP contribution in [0, 0.1) is 6.92 Å². The van der Waals surface area contributed by atoms with Crippen molar-refractivity contribution < 1.29 is 9.53 Å². The number of nitrogens with zero attached hydrogens (tertiary/aromatic N) is 3. The first-order valence-electron chi connectivity index (χ1n) is 9.33. The fourth-order valence-electron chi connectivity index (χ4n) is 2.93. The topological polar surface area (TPSA) is 81.1 Å². The van der Waals surface area contributed by atoms with E-state index in [0.29, 0.717) is 27.0 Å². The van der Waals surface area contributed by atoms with Crippen LogP contribution in [0.3, 0.4) is 0 Å². The van der Waals surface area contributed by atoms with Gasteiger partial charge in [-0.2, -0.15) is 4.80 Å². The number of anilines is 1. The number of ether oxygens (including phenoxy) is 1. The van der Waals surface area contributed by atoms with Crippen molar-refractivity contribution in [2.24, 2.45) is 0 Å². The number of carbonyl (C=O) groups excluding carboxylic acids is 1. The van der Waals surface area contributed by atoms with Crippen molar-refractivity contribution in [2.75, 3.05) is 12.4 Å². The number of hydrogen-bond donors (Lipinski definition) is 2. The number of rotatable bonds is 4. The van der Waals surface area contributed by atoms with Gasteiger partial charge in [-0.1, -0.05) is 17.7 Å². The third-order valence-electron chi connectivity index (χ3n) is 4.54. The normalized spacial score (nSPS) is 10.7. The molecule has 0 atom stereocenters. The molecule has 7 nitrogen and oxygen atoms in total. The lowest BCUT2D eigenvalue weighted by atomic mass is 10.2. The van der Waals surface area contributed by atoms with Crippen molar-refractivity contribution in [1.29, 1.82) is 0 Å². The summed E-state index contributed by atoms with van der Waals surface area (Å²) in [4.78, 5) is 14.1. The number of benzene rings is 3. The standard InChI is InChI=1S/C22H18BrN5O2S/c1-13-3-7-16(8-4-13)28-26-18-9-6-15(12-19(18)27-28)24-22(31)25-21(29)14-5-10-20(30-2)17(23)11-14/h3-12H,1-2H3,(H2,24,25,29,31). The first-order chi connectivity index (χ1) is 14.9. The van der Waals surface area contributed by atoms with Gasteiger partial charge in [0.25, 0.3) is 5.91 Å². The maximum Gasteiger partial charge on any atom is 0.257 e. The Bertz CT molecular complexity index is 1290. The van der Waals surface area contributed by atoms with Crippen molar-refractivity contribution >= 4 is 55.9 Å². The molecule has 2 N–H and O–H groups in total. The Morgan fingerprint density at radius 2 is 1.77 bits per heavy atom. The number of fused-ring (bicyclic) bond motifs is 1. The third-order valence-corrected chi connectivity index (χ3v) is 5.37. The number of aromatic nitrogens is 3. The summed E-state index contributed by atoms with van der Waals surface area (Å²) < 4.78 is 5.86. The lowest BCUT2D eigenvalue weighted by Crippen LogP contribution is -2.34. The SMILES string of the molecule is COc1ccc(C(=O)NC(=S)Nc2ccc3nn(-c4ccc(C)cc4)nc3c2)cc1Br. The van der Waals surface area contributed by atoms with Gasteiger partial charge in [-0.3, -0.25) is 10.1 Å². The summed E-state index contributed by atoms with van der Waals surface area (Å²) in [5.41, 5.74) is 4.66. The number of amides is 1. The molecule has 0 fully saturated rings. The number of carbonyl (C=O) groups is 1. The maximum atomic E-state index is 12.5. The molecule has 4 rings (SSSR count). The van der Waals surface area contributed by atoms with E-state index in [2.05, 4.69) is 36.8 Å². The fourth-order valence-corrected chi connectivity index (χ4v) is 3.68. The van der Waals surface area contributed by atoms with Gasteiger partial charge in [0.1, 0.15) is 16.8 Å². The minimum Gasteiger partial charge on any atom is -0.496 e. The Balaban J connectivity index is 1.46. The lowest BCUT2D eigenvalue weighted by Gasteiger charge is -2.10. The quantitative estimate of drug-likeness (QED) is 0.401. The maximum absolute atomic E-state index is 12.5. The molecule has 3 aromatic carbocycles. The van der Waals surface area contributed by atoms with Crippen LogP contribution < -0.4 is 15.4 Å². The van der Waals surface area contributed by atoms with E-state index in [1.807, 2.05) is 49.4 Å². The molecule has 0 unspecified atom stereocenters. The Hall–Kier alpha value is -3.30. The zero-order valence-electron chi connectivity index (χ0n) is 16.7. The molecular formula is C22H18BrN5O2S. The van der Waals surface area contributed by atoms with Crippen LogP contribution in [0.4, 0.5) is 5.69 Å². The van der Waals surface area contributed by atoms with Crippen LogP contribution in [0.1, 0.15) is 15.9 Å². The Morgan fingerprint density at radius 3 is 2.48 bits per heavy atom. The average Bonchev–Trinajstić information content (AvgIpc) is 3.17. The van der Waals surface area contributed by atoms with Crippen molar-refractivity contribution in [3.05, 3.63) is 76.3 Å². The molecule has 0 spiro atoms. The van der Waals surface area contributed by atoms with E-state index < -0.39 is 0 Å². The molecule has 1 amide bonds. The van der Waals surface area contributed by atoms with E-state index in [-0.39, 0.29) is 11.0 Å². The molecule has 0 radical (unpaired) electrons. The van der Waals surface area contributed by atoms with Gasteiger partial charge in [-0.05, 0) is 83.6 Å². The first-order valence-corrected chi connectivity index (χ1v) is 10.5. The van der Waals surface area contributed by atoms with E-state index in [4.69, 9.17) is 17.0 Å². The number of hydrogen-bond acceptors (Lipinski definition) is 5. The lowest BCUT2D eigenvalue weighted by molar-refractivity contribution is 0.0977. The van der Waals surface area contributed by atoms with Crippen LogP contribution in [0.2, 0.25) is 0 Å². The summed E-state index contributed by atoms with van der Waals surface area (Å²) in [6, 6.07) is 18.5. The molecular weight excluding hydrogens is 478 g/mol. The minimum absolute atomic E-state index is 0.183. The number of halogens is 1. The summed E-state index contributed by atoms with van der Waals surface area (Å²) in [5, 5.41) is 14.9. The predicted molar refractivity (Wildman–Crippen MR) is 128 cm³/mol.